The van der Waals surface area contributed by atoms with Crippen LogP contribution in [-0.4, -0.2) is 5.71 Å². The summed E-state index contributed by atoms with van der Waals surface area (Å²) in [4.78, 5) is 4.60. The second kappa shape index (κ2) is 3.61. The van der Waals surface area contributed by atoms with E-state index in [0.29, 0.717) is 0 Å². The van der Waals surface area contributed by atoms with Crippen molar-refractivity contribution in [2.24, 2.45) is 16.8 Å². The van der Waals surface area contributed by atoms with Crippen LogP contribution in [0.15, 0.2) is 39.5 Å². The molecule has 0 unspecified atom stereocenters. The maximum atomic E-state index is 9.11. The van der Waals surface area contributed by atoms with Gasteiger partial charge < -0.3 is 0 Å². The molecule has 0 aromatic carbocycles. The number of allylic oxidation sites excluding steroid dienone is 6. The molecule has 1 heterocycles. The van der Waals surface area contributed by atoms with Gasteiger partial charge in [0.1, 0.15) is 0 Å². The monoisotopic (exact) mass is 230 g/mol. The maximum Gasteiger partial charge on any atom is 0.0884 e. The van der Waals surface area contributed by atoms with Crippen LogP contribution in [0.1, 0.15) is 19.3 Å². The molecule has 0 fully saturated rings. The van der Waals surface area contributed by atoms with Gasteiger partial charge in [0.25, 0.3) is 0 Å². The van der Waals surface area contributed by atoms with Gasteiger partial charge in [0.15, 0.2) is 0 Å². The third-order valence-electron chi connectivity index (χ3n) is 3.44. The van der Waals surface area contributed by atoms with Crippen molar-refractivity contribution >= 4 is 17.3 Å². The molecule has 0 aromatic rings. The van der Waals surface area contributed by atoms with E-state index in [4.69, 9.17) is 16.9 Å². The smallest absolute Gasteiger partial charge is 0.0884 e. The number of nitriles is 1. The highest BCUT2D eigenvalue weighted by molar-refractivity contribution is 6.32. The number of hydrogen-bond donors (Lipinski definition) is 0. The van der Waals surface area contributed by atoms with Gasteiger partial charge in [-0.25, -0.2) is 0 Å². The Kier molecular flexibility index (Phi) is 2.22. The number of nitrogens with zero attached hydrogens (tertiary/aromatic N) is 2. The van der Waals surface area contributed by atoms with Crippen LogP contribution < -0.4 is 0 Å². The molecule has 3 heteroatoms. The Morgan fingerprint density at radius 1 is 1.44 bits per heavy atom. The topological polar surface area (TPSA) is 36.1 Å². The molecule has 1 aliphatic heterocycles. The van der Waals surface area contributed by atoms with Gasteiger partial charge in [-0.3, -0.25) is 4.99 Å². The Morgan fingerprint density at radius 3 is 3.12 bits per heavy atom. The van der Waals surface area contributed by atoms with E-state index in [9.17, 15) is 0 Å². The van der Waals surface area contributed by atoms with Crippen LogP contribution in [0.3, 0.4) is 0 Å². The predicted molar refractivity (Wildman–Crippen MR) is 64.0 cm³/mol. The van der Waals surface area contributed by atoms with E-state index in [1.54, 1.807) is 0 Å². The van der Waals surface area contributed by atoms with Crippen LogP contribution in [0.5, 0.6) is 0 Å². The van der Waals surface area contributed by atoms with Crippen molar-refractivity contribution in [3.05, 3.63) is 34.5 Å². The maximum absolute atomic E-state index is 9.11. The van der Waals surface area contributed by atoms with Crippen LogP contribution in [0.4, 0.5) is 0 Å². The SMILES string of the molecule is N#C[C@H]1CCCC2=C1N=C1C=CC(Cl)=C[C@@H]12. The summed E-state index contributed by atoms with van der Waals surface area (Å²) in [5, 5.41) is 9.89. The summed E-state index contributed by atoms with van der Waals surface area (Å²) < 4.78 is 0. The molecular formula is C13H11ClN2. The zero-order valence-corrected chi connectivity index (χ0v) is 9.54. The van der Waals surface area contributed by atoms with Crippen molar-refractivity contribution in [1.82, 2.24) is 0 Å². The molecule has 2 aliphatic carbocycles. The summed E-state index contributed by atoms with van der Waals surface area (Å²) in [7, 11) is 0. The molecule has 16 heavy (non-hydrogen) atoms. The van der Waals surface area contributed by atoms with Gasteiger partial charge >= 0.3 is 0 Å². The first kappa shape index (κ1) is 9.86. The Bertz CT molecular complexity index is 503. The molecule has 3 aliphatic rings. The lowest BCUT2D eigenvalue weighted by molar-refractivity contribution is 0.575. The van der Waals surface area contributed by atoms with Gasteiger partial charge in [-0.05, 0) is 37.0 Å². The van der Waals surface area contributed by atoms with Gasteiger partial charge in [0.2, 0.25) is 0 Å². The Labute approximate surface area is 99.6 Å². The van der Waals surface area contributed by atoms with E-state index < -0.39 is 0 Å². The van der Waals surface area contributed by atoms with Crippen LogP contribution >= 0.6 is 11.6 Å². The molecular weight excluding hydrogens is 220 g/mol. The standard InChI is InChI=1S/C13H11ClN2/c14-9-4-5-12-11(6-9)10-3-1-2-8(7-15)13(10)16-12/h4-6,8,11H,1-3H2/t8-,11-/m1/s1. The fourth-order valence-corrected chi connectivity index (χ4v) is 2.86. The molecule has 0 amide bonds. The first-order valence-electron chi connectivity index (χ1n) is 5.56. The lowest BCUT2D eigenvalue weighted by Gasteiger charge is -2.20. The third-order valence-corrected chi connectivity index (χ3v) is 3.69. The quantitative estimate of drug-likeness (QED) is 0.629. The van der Waals surface area contributed by atoms with E-state index >= 15 is 0 Å². The summed E-state index contributed by atoms with van der Waals surface area (Å²) in [5.41, 5.74) is 3.38. The van der Waals surface area contributed by atoms with Crippen molar-refractivity contribution in [1.29, 1.82) is 5.26 Å². The number of fused-ring (bicyclic) bond motifs is 2. The highest BCUT2D eigenvalue weighted by Crippen LogP contribution is 2.42. The van der Waals surface area contributed by atoms with Crippen molar-refractivity contribution in [3.8, 4) is 6.07 Å². The minimum Gasteiger partial charge on any atom is -0.256 e. The second-order valence-electron chi connectivity index (χ2n) is 4.38. The van der Waals surface area contributed by atoms with E-state index in [0.717, 1.165) is 35.7 Å². The van der Waals surface area contributed by atoms with Gasteiger partial charge in [-0.2, -0.15) is 5.26 Å². The summed E-state index contributed by atoms with van der Waals surface area (Å²) in [6, 6.07) is 2.35. The van der Waals surface area contributed by atoms with Gasteiger partial charge in [0.05, 0.1) is 23.4 Å². The zero-order chi connectivity index (χ0) is 11.1. The number of hydrogen-bond acceptors (Lipinski definition) is 2. The van der Waals surface area contributed by atoms with E-state index in [-0.39, 0.29) is 11.8 Å². The number of aliphatic imine (C=N–C) groups is 1. The van der Waals surface area contributed by atoms with Gasteiger partial charge in [-0.1, -0.05) is 17.7 Å². The molecule has 0 aromatic heterocycles. The molecule has 2 nitrogen and oxygen atoms in total. The molecule has 0 saturated carbocycles. The van der Waals surface area contributed by atoms with Gasteiger partial charge in [-0.15, -0.1) is 0 Å². The fourth-order valence-electron chi connectivity index (χ4n) is 2.67. The average molecular weight is 231 g/mol. The first-order valence-corrected chi connectivity index (χ1v) is 5.94. The summed E-state index contributed by atoms with van der Waals surface area (Å²) in [6.07, 6.45) is 8.98. The summed E-state index contributed by atoms with van der Waals surface area (Å²) in [6.45, 7) is 0. The Hall–Kier alpha value is -1.33. The minimum absolute atomic E-state index is 0.0116. The van der Waals surface area contributed by atoms with Crippen LogP contribution in [0, 0.1) is 23.2 Å². The molecule has 2 atom stereocenters. The largest absolute Gasteiger partial charge is 0.256 e. The zero-order valence-electron chi connectivity index (χ0n) is 8.78. The predicted octanol–water partition coefficient (Wildman–Crippen LogP) is 3.33. The molecule has 80 valence electrons. The molecule has 3 rings (SSSR count). The molecule has 0 saturated heterocycles. The van der Waals surface area contributed by atoms with E-state index in [1.165, 1.54) is 5.57 Å². The number of halogens is 1. The normalized spacial score (nSPS) is 31.5. The molecule has 0 radical (unpaired) electrons. The highest BCUT2D eigenvalue weighted by Gasteiger charge is 2.34. The highest BCUT2D eigenvalue weighted by atomic mass is 35.5. The summed E-state index contributed by atoms with van der Waals surface area (Å²) >= 11 is 6.02. The van der Waals surface area contributed by atoms with Crippen LogP contribution in [0.2, 0.25) is 0 Å². The van der Waals surface area contributed by atoms with Crippen LogP contribution in [0.25, 0.3) is 0 Å². The van der Waals surface area contributed by atoms with Crippen molar-refractivity contribution < 1.29 is 0 Å². The third kappa shape index (κ3) is 1.36. The lowest BCUT2D eigenvalue weighted by atomic mass is 9.82. The summed E-state index contributed by atoms with van der Waals surface area (Å²) in [5.74, 6) is 0.228. The van der Waals surface area contributed by atoms with Crippen molar-refractivity contribution in [2.45, 2.75) is 19.3 Å². The molecule has 0 bridgehead atoms. The second-order valence-corrected chi connectivity index (χ2v) is 4.82. The van der Waals surface area contributed by atoms with Gasteiger partial charge in [0, 0.05) is 11.0 Å². The van der Waals surface area contributed by atoms with E-state index in [2.05, 4.69) is 11.1 Å². The number of rotatable bonds is 0. The van der Waals surface area contributed by atoms with Crippen molar-refractivity contribution in [2.75, 3.05) is 0 Å². The van der Waals surface area contributed by atoms with Crippen LogP contribution in [-0.2, 0) is 0 Å². The minimum atomic E-state index is -0.0116. The molecule has 0 N–H and O–H groups in total. The fraction of sp³-hybridized carbons (Fsp3) is 0.385. The van der Waals surface area contributed by atoms with E-state index in [1.807, 2.05) is 18.2 Å². The first-order chi connectivity index (χ1) is 7.79. The average Bonchev–Trinajstić information content (AvgIpc) is 2.67. The van der Waals surface area contributed by atoms with Crippen molar-refractivity contribution in [3.63, 3.8) is 0 Å². The Morgan fingerprint density at radius 2 is 2.31 bits per heavy atom. The molecule has 0 spiro atoms. The Balaban J connectivity index is 2.06. The lowest BCUT2D eigenvalue weighted by Crippen LogP contribution is -2.14.